The van der Waals surface area contributed by atoms with Crippen molar-refractivity contribution in [1.29, 1.82) is 0 Å². The molecule has 0 saturated heterocycles. The number of carbonyl (C=O) groups excluding carboxylic acids is 1. The van der Waals surface area contributed by atoms with Crippen LogP contribution in [-0.4, -0.2) is 27.8 Å². The second-order valence-corrected chi connectivity index (χ2v) is 5.45. The molecule has 23 heavy (non-hydrogen) atoms. The summed E-state index contributed by atoms with van der Waals surface area (Å²) in [5, 5.41) is 19.8. The van der Waals surface area contributed by atoms with Gasteiger partial charge in [-0.05, 0) is 12.0 Å². The fourth-order valence-corrected chi connectivity index (χ4v) is 2.05. The van der Waals surface area contributed by atoms with Gasteiger partial charge >= 0.3 is 0 Å². The molecule has 1 amide bonds. The SMILES string of the molecule is CC(C)c1nnc(/C=C/C(=O)NC(CCO)c2ccccc2)o1. The standard InChI is InChI=1S/C17H21N3O3/c1-12(2)17-20-19-16(23-17)9-8-15(22)18-14(10-11-21)13-6-4-3-5-7-13/h3-9,12,14,21H,10-11H2,1-2H3,(H,18,22)/b9-8+. The quantitative estimate of drug-likeness (QED) is 0.766. The minimum Gasteiger partial charge on any atom is -0.421 e. The average molecular weight is 315 g/mol. The number of benzene rings is 1. The summed E-state index contributed by atoms with van der Waals surface area (Å²) in [4.78, 5) is 12.0. The van der Waals surface area contributed by atoms with Crippen LogP contribution in [0.3, 0.4) is 0 Å². The van der Waals surface area contributed by atoms with E-state index in [1.165, 1.54) is 12.2 Å². The second-order valence-electron chi connectivity index (χ2n) is 5.45. The van der Waals surface area contributed by atoms with Gasteiger partial charge in [-0.1, -0.05) is 44.2 Å². The molecule has 1 atom stereocenters. The number of carbonyl (C=O) groups is 1. The third-order valence-corrected chi connectivity index (χ3v) is 3.26. The Morgan fingerprint density at radius 2 is 2.04 bits per heavy atom. The summed E-state index contributed by atoms with van der Waals surface area (Å²) < 4.78 is 5.40. The van der Waals surface area contributed by atoms with Crippen LogP contribution in [0.5, 0.6) is 0 Å². The number of rotatable bonds is 7. The predicted molar refractivity (Wildman–Crippen MR) is 86.4 cm³/mol. The molecule has 0 aliphatic rings. The van der Waals surface area contributed by atoms with Crippen LogP contribution in [0.1, 0.15) is 49.6 Å². The van der Waals surface area contributed by atoms with Crippen LogP contribution in [0, 0.1) is 0 Å². The molecule has 0 saturated carbocycles. The molecule has 122 valence electrons. The third kappa shape index (κ3) is 5.03. The number of nitrogens with one attached hydrogen (secondary N) is 1. The van der Waals surface area contributed by atoms with Crippen LogP contribution >= 0.6 is 0 Å². The number of hydrogen-bond acceptors (Lipinski definition) is 5. The van der Waals surface area contributed by atoms with Crippen molar-refractivity contribution in [3.63, 3.8) is 0 Å². The molecule has 6 heteroatoms. The molecule has 2 aromatic rings. The van der Waals surface area contributed by atoms with Crippen LogP contribution in [0.25, 0.3) is 6.08 Å². The molecular formula is C17H21N3O3. The minimum absolute atomic E-state index is 0.00897. The van der Waals surface area contributed by atoms with E-state index in [2.05, 4.69) is 15.5 Å². The molecule has 0 aliphatic heterocycles. The monoisotopic (exact) mass is 315 g/mol. The molecular weight excluding hydrogens is 294 g/mol. The Hall–Kier alpha value is -2.47. The molecule has 0 radical (unpaired) electrons. The number of aliphatic hydroxyl groups is 1. The topological polar surface area (TPSA) is 88.2 Å². The van der Waals surface area contributed by atoms with E-state index in [0.717, 1.165) is 5.56 Å². The predicted octanol–water partition coefficient (Wildman–Crippen LogP) is 2.45. The van der Waals surface area contributed by atoms with E-state index < -0.39 is 0 Å². The first-order valence-electron chi connectivity index (χ1n) is 7.58. The summed E-state index contributed by atoms with van der Waals surface area (Å²) in [5.41, 5.74) is 0.947. The number of hydrogen-bond donors (Lipinski definition) is 2. The highest BCUT2D eigenvalue weighted by atomic mass is 16.4. The Kier molecular flexibility index (Phi) is 6.05. The average Bonchev–Trinajstić information content (AvgIpc) is 3.03. The zero-order valence-corrected chi connectivity index (χ0v) is 13.3. The highest BCUT2D eigenvalue weighted by molar-refractivity contribution is 5.91. The van der Waals surface area contributed by atoms with E-state index >= 15 is 0 Å². The number of amides is 1. The van der Waals surface area contributed by atoms with Crippen molar-refractivity contribution in [2.45, 2.75) is 32.2 Å². The normalized spacial score (nSPS) is 12.7. The number of aliphatic hydroxyl groups excluding tert-OH is 1. The van der Waals surface area contributed by atoms with E-state index in [9.17, 15) is 9.90 Å². The lowest BCUT2D eigenvalue weighted by molar-refractivity contribution is -0.117. The van der Waals surface area contributed by atoms with Gasteiger partial charge in [0.2, 0.25) is 17.7 Å². The maximum Gasteiger partial charge on any atom is 0.244 e. The number of nitrogens with zero attached hydrogens (tertiary/aromatic N) is 2. The zero-order valence-electron chi connectivity index (χ0n) is 13.3. The van der Waals surface area contributed by atoms with Crippen LogP contribution in [0.4, 0.5) is 0 Å². The first-order valence-corrected chi connectivity index (χ1v) is 7.58. The molecule has 2 N–H and O–H groups in total. The van der Waals surface area contributed by atoms with Crippen LogP contribution in [0.2, 0.25) is 0 Å². The Bertz CT molecular complexity index is 650. The molecule has 0 fully saturated rings. The molecule has 1 heterocycles. The molecule has 0 bridgehead atoms. The Balaban J connectivity index is 1.99. The van der Waals surface area contributed by atoms with Crippen molar-refractivity contribution in [2.24, 2.45) is 0 Å². The van der Waals surface area contributed by atoms with E-state index in [1.54, 1.807) is 0 Å². The zero-order chi connectivity index (χ0) is 16.7. The van der Waals surface area contributed by atoms with Gasteiger partial charge in [0.05, 0.1) is 6.04 Å². The lowest BCUT2D eigenvalue weighted by atomic mass is 10.0. The van der Waals surface area contributed by atoms with Crippen molar-refractivity contribution in [1.82, 2.24) is 15.5 Å². The lowest BCUT2D eigenvalue weighted by Gasteiger charge is -2.17. The van der Waals surface area contributed by atoms with E-state index in [1.807, 2.05) is 44.2 Å². The van der Waals surface area contributed by atoms with Crippen molar-refractivity contribution < 1.29 is 14.3 Å². The first kappa shape index (κ1) is 16.9. The van der Waals surface area contributed by atoms with Gasteiger partial charge in [-0.2, -0.15) is 0 Å². The third-order valence-electron chi connectivity index (χ3n) is 3.26. The maximum absolute atomic E-state index is 12.0. The molecule has 2 rings (SSSR count). The smallest absolute Gasteiger partial charge is 0.244 e. The van der Waals surface area contributed by atoms with Gasteiger partial charge in [0.25, 0.3) is 0 Å². The molecule has 1 unspecified atom stereocenters. The number of aromatic nitrogens is 2. The summed E-state index contributed by atoms with van der Waals surface area (Å²) in [7, 11) is 0. The van der Waals surface area contributed by atoms with Gasteiger partial charge < -0.3 is 14.8 Å². The van der Waals surface area contributed by atoms with Gasteiger partial charge in [-0.3, -0.25) is 4.79 Å². The van der Waals surface area contributed by atoms with Crippen molar-refractivity contribution in [3.8, 4) is 0 Å². The molecule has 0 aliphatic carbocycles. The van der Waals surface area contributed by atoms with E-state index in [0.29, 0.717) is 18.2 Å². The lowest BCUT2D eigenvalue weighted by Crippen LogP contribution is -2.27. The van der Waals surface area contributed by atoms with Gasteiger partial charge in [0.1, 0.15) is 0 Å². The Morgan fingerprint density at radius 3 is 2.65 bits per heavy atom. The fourth-order valence-electron chi connectivity index (χ4n) is 2.05. The fraction of sp³-hybridized carbons (Fsp3) is 0.353. The Morgan fingerprint density at radius 1 is 1.30 bits per heavy atom. The highest BCUT2D eigenvalue weighted by Gasteiger charge is 2.13. The van der Waals surface area contributed by atoms with E-state index in [-0.39, 0.29) is 24.5 Å². The molecule has 6 nitrogen and oxygen atoms in total. The highest BCUT2D eigenvalue weighted by Crippen LogP contribution is 2.16. The summed E-state index contributed by atoms with van der Waals surface area (Å²) in [6.07, 6.45) is 3.28. The van der Waals surface area contributed by atoms with Crippen LogP contribution in [-0.2, 0) is 4.79 Å². The summed E-state index contributed by atoms with van der Waals surface area (Å²) in [5.74, 6) is 0.692. The van der Waals surface area contributed by atoms with Gasteiger partial charge in [-0.15, -0.1) is 10.2 Å². The first-order chi connectivity index (χ1) is 11.1. The van der Waals surface area contributed by atoms with Crippen molar-refractivity contribution in [2.75, 3.05) is 6.61 Å². The maximum atomic E-state index is 12.0. The van der Waals surface area contributed by atoms with E-state index in [4.69, 9.17) is 4.42 Å². The van der Waals surface area contributed by atoms with Crippen LogP contribution in [0.15, 0.2) is 40.8 Å². The molecule has 0 spiro atoms. The van der Waals surface area contributed by atoms with Gasteiger partial charge in [0.15, 0.2) is 0 Å². The van der Waals surface area contributed by atoms with Crippen molar-refractivity contribution >= 4 is 12.0 Å². The minimum atomic E-state index is -0.281. The van der Waals surface area contributed by atoms with Crippen molar-refractivity contribution in [3.05, 3.63) is 53.8 Å². The largest absolute Gasteiger partial charge is 0.421 e. The molecule has 1 aromatic carbocycles. The van der Waals surface area contributed by atoms with Crippen LogP contribution < -0.4 is 5.32 Å². The summed E-state index contributed by atoms with van der Waals surface area (Å²) >= 11 is 0. The van der Waals surface area contributed by atoms with Gasteiger partial charge in [-0.25, -0.2) is 0 Å². The summed E-state index contributed by atoms with van der Waals surface area (Å²) in [6, 6.07) is 9.28. The summed E-state index contributed by atoms with van der Waals surface area (Å²) in [6.45, 7) is 3.89. The Labute approximate surface area is 135 Å². The second kappa shape index (κ2) is 8.24. The van der Waals surface area contributed by atoms with Gasteiger partial charge in [0, 0.05) is 24.7 Å². The molecule has 1 aromatic heterocycles.